The number of rotatable bonds is 4. The number of nitrogens with zero attached hydrogens (tertiary/aromatic N) is 2. The third kappa shape index (κ3) is 3.68. The second kappa shape index (κ2) is 6.36. The summed E-state index contributed by atoms with van der Waals surface area (Å²) >= 11 is 0. The van der Waals surface area contributed by atoms with E-state index in [1.165, 1.54) is 25.7 Å². The van der Waals surface area contributed by atoms with Crippen molar-refractivity contribution in [2.75, 3.05) is 5.32 Å². The van der Waals surface area contributed by atoms with Gasteiger partial charge in [-0.15, -0.1) is 0 Å². The molecule has 1 aromatic rings. The summed E-state index contributed by atoms with van der Waals surface area (Å²) in [5.74, 6) is 2.96. The van der Waals surface area contributed by atoms with Crippen LogP contribution in [0.1, 0.15) is 65.0 Å². The molecule has 0 saturated heterocycles. The zero-order valence-electron chi connectivity index (χ0n) is 12.7. The van der Waals surface area contributed by atoms with Crippen molar-refractivity contribution in [1.82, 2.24) is 9.97 Å². The fourth-order valence-corrected chi connectivity index (χ4v) is 3.09. The van der Waals surface area contributed by atoms with Gasteiger partial charge in [-0.2, -0.15) is 0 Å². The maximum atomic E-state index is 4.39. The van der Waals surface area contributed by atoms with Gasteiger partial charge < -0.3 is 5.32 Å². The predicted molar refractivity (Wildman–Crippen MR) is 80.3 cm³/mol. The Kier molecular flexibility index (Phi) is 4.78. The first kappa shape index (κ1) is 14.3. The average molecular weight is 261 g/mol. The second-order valence-electron chi connectivity index (χ2n) is 6.43. The smallest absolute Gasteiger partial charge is 0.129 e. The summed E-state index contributed by atoms with van der Waals surface area (Å²) in [6.45, 7) is 9.02. The maximum absolute atomic E-state index is 4.39. The molecule has 1 N–H and O–H groups in total. The van der Waals surface area contributed by atoms with E-state index in [2.05, 4.69) is 49.0 Å². The first-order valence-electron chi connectivity index (χ1n) is 7.66. The largest absolute Gasteiger partial charge is 0.367 e. The third-order valence-corrected chi connectivity index (χ3v) is 4.29. The number of nitrogens with one attached hydrogen (secondary N) is 1. The molecular weight excluding hydrogens is 234 g/mol. The van der Waals surface area contributed by atoms with Gasteiger partial charge in [-0.3, -0.25) is 0 Å². The summed E-state index contributed by atoms with van der Waals surface area (Å²) in [5.41, 5.74) is 1.12. The van der Waals surface area contributed by atoms with Crippen LogP contribution in [0.4, 0.5) is 5.82 Å². The van der Waals surface area contributed by atoms with E-state index in [0.29, 0.717) is 12.0 Å². The Hall–Kier alpha value is -1.12. The molecule has 19 heavy (non-hydrogen) atoms. The summed E-state index contributed by atoms with van der Waals surface area (Å²) < 4.78 is 0. The van der Waals surface area contributed by atoms with Gasteiger partial charge in [0.25, 0.3) is 0 Å². The molecule has 1 aliphatic carbocycles. The molecule has 2 atom stereocenters. The fraction of sp³-hybridized carbons (Fsp3) is 0.750. The van der Waals surface area contributed by atoms with Crippen LogP contribution in [0.25, 0.3) is 0 Å². The highest BCUT2D eigenvalue weighted by Gasteiger charge is 2.27. The highest BCUT2D eigenvalue weighted by atomic mass is 15.0. The van der Waals surface area contributed by atoms with Crippen LogP contribution in [0.5, 0.6) is 0 Å². The Labute approximate surface area is 117 Å². The number of anilines is 1. The molecule has 106 valence electrons. The lowest BCUT2D eigenvalue weighted by atomic mass is 9.78. The van der Waals surface area contributed by atoms with Crippen LogP contribution in [0.3, 0.4) is 0 Å². The maximum Gasteiger partial charge on any atom is 0.129 e. The van der Waals surface area contributed by atoms with E-state index in [0.717, 1.165) is 23.3 Å². The summed E-state index contributed by atoms with van der Waals surface area (Å²) in [6.07, 6.45) is 7.01. The second-order valence-corrected chi connectivity index (χ2v) is 6.43. The van der Waals surface area contributed by atoms with Gasteiger partial charge >= 0.3 is 0 Å². The van der Waals surface area contributed by atoms with Crippen molar-refractivity contribution >= 4 is 5.82 Å². The van der Waals surface area contributed by atoms with Crippen molar-refractivity contribution < 1.29 is 0 Å². The molecular formula is C16H27N3. The Bertz CT molecular complexity index is 401. The molecule has 1 aromatic heterocycles. The number of hydrogen-bond donors (Lipinski definition) is 1. The average Bonchev–Trinajstić information content (AvgIpc) is 2.39. The fourth-order valence-electron chi connectivity index (χ4n) is 3.09. The van der Waals surface area contributed by atoms with Crippen LogP contribution < -0.4 is 5.32 Å². The molecule has 0 spiro atoms. The minimum Gasteiger partial charge on any atom is -0.367 e. The van der Waals surface area contributed by atoms with E-state index in [-0.39, 0.29) is 0 Å². The standard InChI is InChI=1S/C16H27N3/c1-11(2)13-7-5-6-8-14(13)19-16-9-15(12(3)4)17-10-18-16/h9-14H,5-8H2,1-4H3,(H,17,18,19). The topological polar surface area (TPSA) is 37.8 Å². The van der Waals surface area contributed by atoms with E-state index < -0.39 is 0 Å². The van der Waals surface area contributed by atoms with Gasteiger partial charge in [-0.05, 0) is 30.6 Å². The van der Waals surface area contributed by atoms with Crippen LogP contribution in [0.2, 0.25) is 0 Å². The Morgan fingerprint density at radius 2 is 1.84 bits per heavy atom. The highest BCUT2D eigenvalue weighted by Crippen LogP contribution is 2.32. The monoisotopic (exact) mass is 261 g/mol. The molecule has 0 aliphatic heterocycles. The van der Waals surface area contributed by atoms with Crippen molar-refractivity contribution in [3.63, 3.8) is 0 Å². The highest BCUT2D eigenvalue weighted by molar-refractivity contribution is 5.37. The summed E-state index contributed by atoms with van der Waals surface area (Å²) in [5, 5.41) is 3.66. The van der Waals surface area contributed by atoms with E-state index in [1.807, 2.05) is 0 Å². The van der Waals surface area contributed by atoms with Crippen molar-refractivity contribution in [2.45, 2.75) is 65.3 Å². The zero-order chi connectivity index (χ0) is 13.8. The molecule has 0 bridgehead atoms. The first-order valence-corrected chi connectivity index (χ1v) is 7.66. The van der Waals surface area contributed by atoms with Crippen LogP contribution >= 0.6 is 0 Å². The van der Waals surface area contributed by atoms with Crippen molar-refractivity contribution in [3.05, 3.63) is 18.1 Å². The lowest BCUT2D eigenvalue weighted by Crippen LogP contribution is -2.35. The van der Waals surface area contributed by atoms with Gasteiger partial charge in [0.05, 0.1) is 0 Å². The van der Waals surface area contributed by atoms with Gasteiger partial charge in [0, 0.05) is 17.8 Å². The van der Waals surface area contributed by atoms with Gasteiger partial charge in [0.1, 0.15) is 12.1 Å². The molecule has 3 heteroatoms. The predicted octanol–water partition coefficient (Wildman–Crippen LogP) is 4.23. The van der Waals surface area contributed by atoms with Crippen molar-refractivity contribution in [3.8, 4) is 0 Å². The van der Waals surface area contributed by atoms with E-state index in [1.54, 1.807) is 6.33 Å². The number of aromatic nitrogens is 2. The molecule has 1 aliphatic rings. The van der Waals surface area contributed by atoms with Crippen LogP contribution in [-0.4, -0.2) is 16.0 Å². The third-order valence-electron chi connectivity index (χ3n) is 4.29. The molecule has 0 aromatic carbocycles. The van der Waals surface area contributed by atoms with E-state index in [9.17, 15) is 0 Å². The van der Waals surface area contributed by atoms with E-state index >= 15 is 0 Å². The number of hydrogen-bond acceptors (Lipinski definition) is 3. The summed E-state index contributed by atoms with van der Waals surface area (Å²) in [7, 11) is 0. The molecule has 1 fully saturated rings. The van der Waals surface area contributed by atoms with Gasteiger partial charge in [-0.25, -0.2) is 9.97 Å². The van der Waals surface area contributed by atoms with Gasteiger partial charge in [0.15, 0.2) is 0 Å². The molecule has 0 radical (unpaired) electrons. The molecule has 0 amide bonds. The van der Waals surface area contributed by atoms with Gasteiger partial charge in [-0.1, -0.05) is 40.5 Å². The van der Waals surface area contributed by atoms with Crippen molar-refractivity contribution in [2.24, 2.45) is 11.8 Å². The Balaban J connectivity index is 2.08. The first-order chi connectivity index (χ1) is 9.08. The normalized spacial score (nSPS) is 23.9. The summed E-state index contributed by atoms with van der Waals surface area (Å²) in [6, 6.07) is 2.68. The lowest BCUT2D eigenvalue weighted by Gasteiger charge is -2.35. The van der Waals surface area contributed by atoms with E-state index in [4.69, 9.17) is 0 Å². The minimum atomic E-state index is 0.454. The van der Waals surface area contributed by atoms with Gasteiger partial charge in [0.2, 0.25) is 0 Å². The molecule has 1 saturated carbocycles. The SMILES string of the molecule is CC(C)c1cc(NC2CCCCC2C(C)C)ncn1. The zero-order valence-corrected chi connectivity index (χ0v) is 12.7. The summed E-state index contributed by atoms with van der Waals surface area (Å²) in [4.78, 5) is 8.72. The van der Waals surface area contributed by atoms with Crippen LogP contribution in [0.15, 0.2) is 12.4 Å². The Morgan fingerprint density at radius 1 is 1.11 bits per heavy atom. The molecule has 3 nitrogen and oxygen atoms in total. The van der Waals surface area contributed by atoms with Crippen molar-refractivity contribution in [1.29, 1.82) is 0 Å². The molecule has 1 heterocycles. The minimum absolute atomic E-state index is 0.454. The Morgan fingerprint density at radius 3 is 2.53 bits per heavy atom. The van der Waals surface area contributed by atoms with Crippen LogP contribution in [0, 0.1) is 11.8 Å². The quantitative estimate of drug-likeness (QED) is 0.881. The molecule has 2 rings (SSSR count). The van der Waals surface area contributed by atoms with Crippen LogP contribution in [-0.2, 0) is 0 Å². The lowest BCUT2D eigenvalue weighted by molar-refractivity contribution is 0.253. The molecule has 2 unspecified atom stereocenters.